The largest absolute Gasteiger partial charge is 0.456 e. The molecule has 0 N–H and O–H groups in total. The van der Waals surface area contributed by atoms with Crippen molar-refractivity contribution in [1.29, 1.82) is 0 Å². The predicted molar refractivity (Wildman–Crippen MR) is 95.4 cm³/mol. The van der Waals surface area contributed by atoms with Gasteiger partial charge < -0.3 is 4.74 Å². The van der Waals surface area contributed by atoms with E-state index in [4.69, 9.17) is 4.74 Å². The van der Waals surface area contributed by atoms with Crippen molar-refractivity contribution in [2.75, 3.05) is 0 Å². The number of hydrogen-bond acceptors (Lipinski definition) is 1. The molecule has 0 bridgehead atoms. The van der Waals surface area contributed by atoms with E-state index in [9.17, 15) is 0 Å². The van der Waals surface area contributed by atoms with E-state index in [1.165, 1.54) is 11.1 Å². The van der Waals surface area contributed by atoms with Gasteiger partial charge in [-0.25, -0.2) is 0 Å². The molecule has 0 atom stereocenters. The van der Waals surface area contributed by atoms with Crippen molar-refractivity contribution in [2.24, 2.45) is 0 Å². The number of rotatable bonds is 7. The van der Waals surface area contributed by atoms with Gasteiger partial charge in [0, 0.05) is 5.56 Å². The average molecular weight is 292 g/mol. The van der Waals surface area contributed by atoms with Gasteiger partial charge in [-0.15, -0.1) is 6.58 Å². The van der Waals surface area contributed by atoms with Crippen LogP contribution in [0.2, 0.25) is 0 Å². The highest BCUT2D eigenvalue weighted by Gasteiger charge is 2.06. The molecule has 0 radical (unpaired) electrons. The van der Waals surface area contributed by atoms with E-state index in [1.807, 2.05) is 43.3 Å². The summed E-state index contributed by atoms with van der Waals surface area (Å²) >= 11 is 0. The molecule has 0 fully saturated rings. The van der Waals surface area contributed by atoms with Gasteiger partial charge in [0.1, 0.15) is 11.5 Å². The Kier molecular flexibility index (Phi) is 6.02. The van der Waals surface area contributed by atoms with Gasteiger partial charge >= 0.3 is 0 Å². The predicted octanol–water partition coefficient (Wildman–Crippen LogP) is 6.41. The molecule has 0 unspecified atom stereocenters. The highest BCUT2D eigenvalue weighted by molar-refractivity contribution is 5.58. The third kappa shape index (κ3) is 4.63. The van der Waals surface area contributed by atoms with Crippen LogP contribution in [0.15, 0.2) is 66.8 Å². The topological polar surface area (TPSA) is 9.23 Å². The molecule has 0 aliphatic heterocycles. The molecule has 2 aromatic rings. The fourth-order valence-electron chi connectivity index (χ4n) is 2.40. The van der Waals surface area contributed by atoms with Gasteiger partial charge in [0.25, 0.3) is 0 Å². The van der Waals surface area contributed by atoms with Gasteiger partial charge in [-0.05, 0) is 50.8 Å². The summed E-state index contributed by atoms with van der Waals surface area (Å²) in [6, 6.07) is 16.4. The molecule has 0 heterocycles. The van der Waals surface area contributed by atoms with E-state index >= 15 is 0 Å². The van der Waals surface area contributed by atoms with E-state index in [-0.39, 0.29) is 0 Å². The van der Waals surface area contributed by atoms with Gasteiger partial charge in [-0.1, -0.05) is 54.1 Å². The van der Waals surface area contributed by atoms with Crippen LogP contribution in [0.3, 0.4) is 0 Å². The highest BCUT2D eigenvalue weighted by Crippen LogP contribution is 2.29. The van der Waals surface area contributed by atoms with Gasteiger partial charge in [-0.2, -0.15) is 0 Å². The van der Waals surface area contributed by atoms with E-state index < -0.39 is 0 Å². The smallest absolute Gasteiger partial charge is 0.134 e. The van der Waals surface area contributed by atoms with Crippen molar-refractivity contribution < 1.29 is 4.74 Å². The lowest BCUT2D eigenvalue weighted by Crippen LogP contribution is -1.94. The first kappa shape index (κ1) is 16.1. The monoisotopic (exact) mass is 292 g/mol. The maximum atomic E-state index is 6.18. The maximum Gasteiger partial charge on any atom is 0.134 e. The maximum absolute atomic E-state index is 6.18. The normalized spacial score (nSPS) is 10.8. The van der Waals surface area contributed by atoms with Crippen LogP contribution >= 0.6 is 0 Å². The zero-order valence-corrected chi connectivity index (χ0v) is 13.5. The van der Waals surface area contributed by atoms with Gasteiger partial charge in [0.2, 0.25) is 0 Å². The van der Waals surface area contributed by atoms with Crippen molar-refractivity contribution in [1.82, 2.24) is 0 Å². The molecule has 22 heavy (non-hydrogen) atoms. The first-order valence-electron chi connectivity index (χ1n) is 7.82. The van der Waals surface area contributed by atoms with Crippen molar-refractivity contribution in [2.45, 2.75) is 33.1 Å². The number of para-hydroxylation sites is 2. The average Bonchev–Trinajstić information content (AvgIpc) is 2.51. The third-order valence-corrected chi connectivity index (χ3v) is 3.51. The highest BCUT2D eigenvalue weighted by atomic mass is 16.5. The van der Waals surface area contributed by atoms with Crippen molar-refractivity contribution in [3.8, 4) is 11.5 Å². The van der Waals surface area contributed by atoms with E-state index in [2.05, 4.69) is 37.8 Å². The molecule has 0 spiro atoms. The first-order chi connectivity index (χ1) is 10.7. The van der Waals surface area contributed by atoms with Crippen LogP contribution in [-0.4, -0.2) is 0 Å². The molecule has 0 aliphatic rings. The lowest BCUT2D eigenvalue weighted by molar-refractivity contribution is 0.474. The summed E-state index contributed by atoms with van der Waals surface area (Å²) in [5.41, 5.74) is 3.58. The van der Waals surface area contributed by atoms with Crippen LogP contribution in [0.25, 0.3) is 6.08 Å². The zero-order valence-electron chi connectivity index (χ0n) is 13.5. The molecule has 0 amide bonds. The molecule has 0 aromatic heterocycles. The molecule has 0 aliphatic carbocycles. The summed E-state index contributed by atoms with van der Waals surface area (Å²) in [7, 11) is 0. The van der Waals surface area contributed by atoms with Crippen LogP contribution in [0.4, 0.5) is 0 Å². The Labute approximate surface area is 134 Å². The summed E-state index contributed by atoms with van der Waals surface area (Å²) in [5.74, 6) is 1.84. The van der Waals surface area contributed by atoms with Crippen LogP contribution in [0.1, 0.15) is 37.8 Å². The zero-order chi connectivity index (χ0) is 15.8. The summed E-state index contributed by atoms with van der Waals surface area (Å²) in [6.45, 7) is 8.07. The number of aryl methyl sites for hydroxylation is 1. The SMILES string of the molecule is C=C(C)CCCc1ccccc1Oc1ccccc1/C=C/C. The lowest BCUT2D eigenvalue weighted by Gasteiger charge is -2.13. The van der Waals surface area contributed by atoms with E-state index in [0.717, 1.165) is 36.3 Å². The Bertz CT molecular complexity index is 652. The van der Waals surface area contributed by atoms with Gasteiger partial charge in [-0.3, -0.25) is 0 Å². The summed E-state index contributed by atoms with van der Waals surface area (Å²) in [4.78, 5) is 0. The number of allylic oxidation sites excluding steroid dienone is 2. The molecular weight excluding hydrogens is 268 g/mol. The van der Waals surface area contributed by atoms with Gasteiger partial charge in [0.05, 0.1) is 0 Å². The minimum Gasteiger partial charge on any atom is -0.456 e. The van der Waals surface area contributed by atoms with E-state index in [0.29, 0.717) is 0 Å². The molecular formula is C21H24O. The summed E-state index contributed by atoms with van der Waals surface area (Å²) in [5, 5.41) is 0. The summed E-state index contributed by atoms with van der Waals surface area (Å²) < 4.78 is 6.18. The van der Waals surface area contributed by atoms with Crippen LogP contribution < -0.4 is 4.74 Å². The lowest BCUT2D eigenvalue weighted by atomic mass is 10.0. The second kappa shape index (κ2) is 8.23. The molecule has 0 saturated heterocycles. The molecule has 0 saturated carbocycles. The number of ether oxygens (including phenoxy) is 1. The Morgan fingerprint density at radius 2 is 1.73 bits per heavy atom. The second-order valence-corrected chi connectivity index (χ2v) is 5.56. The van der Waals surface area contributed by atoms with Crippen molar-refractivity contribution in [3.05, 3.63) is 77.9 Å². The molecule has 2 rings (SSSR count). The Hall–Kier alpha value is -2.28. The molecule has 114 valence electrons. The Balaban J connectivity index is 2.17. The third-order valence-electron chi connectivity index (χ3n) is 3.51. The number of hydrogen-bond donors (Lipinski definition) is 0. The van der Waals surface area contributed by atoms with E-state index in [1.54, 1.807) is 0 Å². The fraction of sp³-hybridized carbons (Fsp3) is 0.238. The standard InChI is InChI=1S/C21H24O/c1-4-10-18-12-5-7-15-20(18)22-21-16-8-6-13-19(21)14-9-11-17(2)3/h4-8,10,12-13,15-16H,2,9,11,14H2,1,3H3/b10-4+. The summed E-state index contributed by atoms with van der Waals surface area (Å²) in [6.07, 6.45) is 7.27. The minimum absolute atomic E-state index is 0.896. The fourth-order valence-corrected chi connectivity index (χ4v) is 2.40. The van der Waals surface area contributed by atoms with Gasteiger partial charge in [0.15, 0.2) is 0 Å². The molecule has 1 heteroatoms. The van der Waals surface area contributed by atoms with Crippen LogP contribution in [-0.2, 0) is 6.42 Å². The Morgan fingerprint density at radius 3 is 2.45 bits per heavy atom. The minimum atomic E-state index is 0.896. The quantitative estimate of drug-likeness (QED) is 0.536. The van der Waals surface area contributed by atoms with Crippen LogP contribution in [0.5, 0.6) is 11.5 Å². The Morgan fingerprint density at radius 1 is 1.05 bits per heavy atom. The second-order valence-electron chi connectivity index (χ2n) is 5.56. The van der Waals surface area contributed by atoms with Crippen LogP contribution in [0, 0.1) is 0 Å². The molecule has 2 aromatic carbocycles. The first-order valence-corrected chi connectivity index (χ1v) is 7.82. The molecule has 1 nitrogen and oxygen atoms in total. The van der Waals surface area contributed by atoms with Crippen molar-refractivity contribution in [3.63, 3.8) is 0 Å². The number of benzene rings is 2. The van der Waals surface area contributed by atoms with Crippen molar-refractivity contribution >= 4 is 6.08 Å².